The van der Waals surface area contributed by atoms with E-state index in [0.717, 1.165) is 32.1 Å². The molecule has 1 aliphatic carbocycles. The molecular weight excluding hydrogens is 249 g/mol. The van der Waals surface area contributed by atoms with Gasteiger partial charge in [-0.2, -0.15) is 23.3 Å². The minimum absolute atomic E-state index is 0.0439. The Kier molecular flexibility index (Phi) is 3.35. The quantitative estimate of drug-likeness (QED) is 0.776. The van der Waals surface area contributed by atoms with Crippen molar-refractivity contribution in [1.82, 2.24) is 5.01 Å². The lowest BCUT2D eigenvalue weighted by Gasteiger charge is -2.30. The van der Waals surface area contributed by atoms with Crippen LogP contribution in [0.15, 0.2) is 5.10 Å². The first kappa shape index (κ1) is 13.3. The molecular formula is C11H15F3N2O2. The second-order valence-corrected chi connectivity index (χ2v) is 4.87. The predicted molar refractivity (Wildman–Crippen MR) is 57.5 cm³/mol. The van der Waals surface area contributed by atoms with Crippen LogP contribution in [-0.4, -0.2) is 34.1 Å². The Balaban J connectivity index is 2.19. The number of hydrogen-bond donors (Lipinski definition) is 1. The third-order valence-electron chi connectivity index (χ3n) is 3.67. The zero-order valence-corrected chi connectivity index (χ0v) is 9.78. The van der Waals surface area contributed by atoms with Gasteiger partial charge in [0, 0.05) is 12.1 Å². The van der Waals surface area contributed by atoms with Gasteiger partial charge in [0.2, 0.25) is 6.41 Å². The highest BCUT2D eigenvalue weighted by molar-refractivity contribution is 5.90. The van der Waals surface area contributed by atoms with Crippen molar-refractivity contribution < 1.29 is 23.1 Å². The maximum atomic E-state index is 12.8. The largest absolute Gasteiger partial charge is 0.438 e. The topological polar surface area (TPSA) is 52.9 Å². The first-order valence-corrected chi connectivity index (χ1v) is 5.99. The molecule has 4 nitrogen and oxygen atoms in total. The zero-order valence-electron chi connectivity index (χ0n) is 9.78. The Hall–Kier alpha value is -1.11. The highest BCUT2D eigenvalue weighted by Crippen LogP contribution is 2.42. The Morgan fingerprint density at radius 2 is 1.94 bits per heavy atom. The van der Waals surface area contributed by atoms with Gasteiger partial charge in [-0.1, -0.05) is 19.3 Å². The van der Waals surface area contributed by atoms with Crippen molar-refractivity contribution in [2.75, 3.05) is 0 Å². The first-order chi connectivity index (χ1) is 8.38. The van der Waals surface area contributed by atoms with Gasteiger partial charge in [0.25, 0.3) is 5.72 Å². The molecule has 7 heteroatoms. The van der Waals surface area contributed by atoms with E-state index >= 15 is 0 Å². The second kappa shape index (κ2) is 4.53. The van der Waals surface area contributed by atoms with Crippen molar-refractivity contribution in [2.45, 2.75) is 50.4 Å². The van der Waals surface area contributed by atoms with Crippen LogP contribution in [0.5, 0.6) is 0 Å². The fourth-order valence-electron chi connectivity index (χ4n) is 2.59. The van der Waals surface area contributed by atoms with Crippen LogP contribution < -0.4 is 0 Å². The van der Waals surface area contributed by atoms with E-state index in [1.54, 1.807) is 0 Å². The summed E-state index contributed by atoms with van der Waals surface area (Å²) >= 11 is 0. The normalized spacial score (nSPS) is 30.4. The van der Waals surface area contributed by atoms with E-state index in [0.29, 0.717) is 5.71 Å². The number of aliphatic hydroxyl groups is 1. The van der Waals surface area contributed by atoms with Gasteiger partial charge in [-0.05, 0) is 18.8 Å². The lowest BCUT2D eigenvalue weighted by atomic mass is 9.83. The number of carbonyl (C=O) groups excluding carboxylic acids is 1. The molecule has 1 aliphatic heterocycles. The van der Waals surface area contributed by atoms with Gasteiger partial charge in [-0.25, -0.2) is 0 Å². The van der Waals surface area contributed by atoms with Crippen LogP contribution in [0.25, 0.3) is 0 Å². The minimum Gasteiger partial charge on any atom is -0.362 e. The fraction of sp³-hybridized carbons (Fsp3) is 0.818. The van der Waals surface area contributed by atoms with E-state index in [2.05, 4.69) is 5.10 Å². The molecule has 1 saturated carbocycles. The summed E-state index contributed by atoms with van der Waals surface area (Å²) in [7, 11) is 0. The SMILES string of the molecule is O=CN1N=C(C2CCCCC2)C[C@@]1(O)C(F)(F)F. The van der Waals surface area contributed by atoms with Crippen molar-refractivity contribution in [3.05, 3.63) is 0 Å². The molecule has 1 heterocycles. The maximum absolute atomic E-state index is 12.8. The summed E-state index contributed by atoms with van der Waals surface area (Å²) in [6.07, 6.45) is -1.05. The number of alkyl halides is 3. The number of nitrogens with zero attached hydrogens (tertiary/aromatic N) is 2. The van der Waals surface area contributed by atoms with Crippen LogP contribution in [0, 0.1) is 5.92 Å². The molecule has 0 aromatic heterocycles. The Labute approximate surface area is 102 Å². The van der Waals surface area contributed by atoms with Gasteiger partial charge in [0.05, 0.1) is 0 Å². The molecule has 102 valence electrons. The molecule has 18 heavy (non-hydrogen) atoms. The fourth-order valence-corrected chi connectivity index (χ4v) is 2.59. The number of amides is 1. The van der Waals surface area contributed by atoms with Crippen molar-refractivity contribution in [3.63, 3.8) is 0 Å². The molecule has 2 aliphatic rings. The minimum atomic E-state index is -4.90. The van der Waals surface area contributed by atoms with Crippen molar-refractivity contribution in [2.24, 2.45) is 11.0 Å². The first-order valence-electron chi connectivity index (χ1n) is 5.99. The van der Waals surface area contributed by atoms with E-state index in [4.69, 9.17) is 0 Å². The van der Waals surface area contributed by atoms with Crippen molar-refractivity contribution >= 4 is 12.1 Å². The summed E-state index contributed by atoms with van der Waals surface area (Å²) in [4.78, 5) is 10.7. The number of hydrazone groups is 1. The van der Waals surface area contributed by atoms with Crippen LogP contribution in [0.1, 0.15) is 38.5 Å². The second-order valence-electron chi connectivity index (χ2n) is 4.87. The third kappa shape index (κ3) is 2.11. The average molecular weight is 264 g/mol. The Bertz CT molecular complexity index is 364. The summed E-state index contributed by atoms with van der Waals surface area (Å²) in [5.41, 5.74) is -2.87. The molecule has 2 rings (SSSR count). The smallest absolute Gasteiger partial charge is 0.362 e. The number of hydrogen-bond acceptors (Lipinski definition) is 3. The van der Waals surface area contributed by atoms with Gasteiger partial charge in [0.15, 0.2) is 0 Å². The monoisotopic (exact) mass is 264 g/mol. The number of carbonyl (C=O) groups is 1. The van der Waals surface area contributed by atoms with Gasteiger partial charge >= 0.3 is 6.18 Å². The van der Waals surface area contributed by atoms with Crippen molar-refractivity contribution in [1.29, 1.82) is 0 Å². The van der Waals surface area contributed by atoms with Gasteiger partial charge < -0.3 is 5.11 Å². The highest BCUT2D eigenvalue weighted by atomic mass is 19.4. The van der Waals surface area contributed by atoms with Crippen molar-refractivity contribution in [3.8, 4) is 0 Å². The summed E-state index contributed by atoms with van der Waals surface area (Å²) in [5.74, 6) is -0.0439. The molecule has 0 bridgehead atoms. The van der Waals surface area contributed by atoms with Crippen LogP contribution in [0.3, 0.4) is 0 Å². The van der Waals surface area contributed by atoms with E-state index < -0.39 is 18.3 Å². The highest BCUT2D eigenvalue weighted by Gasteiger charge is 2.62. The Morgan fingerprint density at radius 1 is 1.33 bits per heavy atom. The van der Waals surface area contributed by atoms with Crippen LogP contribution in [0.2, 0.25) is 0 Å². The van der Waals surface area contributed by atoms with Crippen LogP contribution in [0.4, 0.5) is 13.2 Å². The van der Waals surface area contributed by atoms with Crippen LogP contribution >= 0.6 is 0 Å². The summed E-state index contributed by atoms with van der Waals surface area (Å²) in [5, 5.41) is 13.4. The lowest BCUT2D eigenvalue weighted by molar-refractivity contribution is -0.299. The summed E-state index contributed by atoms with van der Waals surface area (Å²) in [6.45, 7) is 0. The van der Waals surface area contributed by atoms with E-state index in [1.165, 1.54) is 0 Å². The molecule has 1 atom stereocenters. The molecule has 0 saturated heterocycles. The third-order valence-corrected chi connectivity index (χ3v) is 3.67. The van der Waals surface area contributed by atoms with E-state index in [1.807, 2.05) is 0 Å². The summed E-state index contributed by atoms with van der Waals surface area (Å²) in [6, 6.07) is 0. The van der Waals surface area contributed by atoms with E-state index in [-0.39, 0.29) is 17.3 Å². The van der Waals surface area contributed by atoms with Gasteiger partial charge in [0.1, 0.15) is 0 Å². The average Bonchev–Trinajstić information content (AvgIpc) is 2.68. The van der Waals surface area contributed by atoms with Crippen LogP contribution in [-0.2, 0) is 4.79 Å². The standard InChI is InChI=1S/C11H15F3N2O2/c12-11(13,14)10(18)6-9(15-16(10)7-17)8-4-2-1-3-5-8/h7-8,18H,1-6H2/t10-/m1/s1. The predicted octanol–water partition coefficient (Wildman–Crippen LogP) is 2.04. The van der Waals surface area contributed by atoms with Gasteiger partial charge in [-0.15, -0.1) is 0 Å². The molecule has 1 amide bonds. The zero-order chi connectivity index (χ0) is 13.4. The molecule has 0 radical (unpaired) electrons. The summed E-state index contributed by atoms with van der Waals surface area (Å²) < 4.78 is 38.4. The molecule has 0 unspecified atom stereocenters. The molecule has 1 fully saturated rings. The molecule has 0 spiro atoms. The van der Waals surface area contributed by atoms with Gasteiger partial charge in [-0.3, -0.25) is 4.79 Å². The molecule has 1 N–H and O–H groups in total. The maximum Gasteiger partial charge on any atom is 0.438 e. The lowest BCUT2D eigenvalue weighted by Crippen LogP contribution is -2.54. The number of halogens is 3. The Morgan fingerprint density at radius 3 is 2.39 bits per heavy atom. The van der Waals surface area contributed by atoms with E-state index in [9.17, 15) is 23.1 Å². The molecule has 0 aromatic rings. The molecule has 0 aromatic carbocycles. The number of rotatable bonds is 2.